The first-order valence-corrected chi connectivity index (χ1v) is 16.6. The van der Waals surface area contributed by atoms with Gasteiger partial charge in [0, 0.05) is 44.5 Å². The Kier molecular flexibility index (Phi) is 6.18. The third-order valence-corrected chi connectivity index (χ3v) is 9.66. The van der Waals surface area contributed by atoms with Crippen molar-refractivity contribution < 1.29 is 8.83 Å². The number of rotatable bonds is 5. The standard InChI is InChI=1S/C46H29NO2/c1-2-11-31(12-3-1)37-24-21-32(36-18-10-14-30-13-4-5-15-35(30)36)27-42(37)47(33-23-26-45-41(28-33)39-17-7-9-20-44(39)48-45)34-22-25-40-38-16-6-8-19-43(38)49-46(40)29-34/h1-29H. The van der Waals surface area contributed by atoms with Crippen molar-refractivity contribution in [1.29, 1.82) is 0 Å². The molecule has 0 fully saturated rings. The summed E-state index contributed by atoms with van der Waals surface area (Å²) in [6.45, 7) is 0. The van der Waals surface area contributed by atoms with Gasteiger partial charge in [0.1, 0.15) is 22.3 Å². The molecule has 0 N–H and O–H groups in total. The van der Waals surface area contributed by atoms with Crippen molar-refractivity contribution in [2.75, 3.05) is 4.90 Å². The third kappa shape index (κ3) is 4.51. The SMILES string of the molecule is c1ccc(-c2ccc(-c3cccc4ccccc34)cc2N(c2ccc3c(c2)oc2ccccc23)c2ccc3oc4ccccc4c3c2)cc1. The molecule has 0 unspecified atom stereocenters. The summed E-state index contributed by atoms with van der Waals surface area (Å²) in [6.07, 6.45) is 0. The Bertz CT molecular complexity index is 2840. The molecule has 230 valence electrons. The summed E-state index contributed by atoms with van der Waals surface area (Å²) < 4.78 is 12.7. The molecule has 3 heteroatoms. The van der Waals surface area contributed by atoms with Crippen LogP contribution < -0.4 is 4.90 Å². The van der Waals surface area contributed by atoms with E-state index in [0.29, 0.717) is 0 Å². The zero-order chi connectivity index (χ0) is 32.3. The van der Waals surface area contributed by atoms with Crippen molar-refractivity contribution in [3.63, 3.8) is 0 Å². The Morgan fingerprint density at radius 1 is 0.327 bits per heavy atom. The number of nitrogens with zero attached hydrogens (tertiary/aromatic N) is 1. The van der Waals surface area contributed by atoms with Crippen LogP contribution in [0.3, 0.4) is 0 Å². The monoisotopic (exact) mass is 627 g/mol. The minimum atomic E-state index is 0.852. The molecular weight excluding hydrogens is 599 g/mol. The molecule has 10 rings (SSSR count). The first kappa shape index (κ1) is 27.5. The smallest absolute Gasteiger partial charge is 0.137 e. The highest BCUT2D eigenvalue weighted by atomic mass is 16.3. The Morgan fingerprint density at radius 2 is 0.939 bits per heavy atom. The third-order valence-electron chi connectivity index (χ3n) is 9.66. The van der Waals surface area contributed by atoms with Crippen LogP contribution in [0, 0.1) is 0 Å². The zero-order valence-electron chi connectivity index (χ0n) is 26.5. The van der Waals surface area contributed by atoms with Crippen LogP contribution in [0.2, 0.25) is 0 Å². The number of para-hydroxylation sites is 2. The van der Waals surface area contributed by atoms with Gasteiger partial charge in [-0.25, -0.2) is 0 Å². The van der Waals surface area contributed by atoms with Crippen LogP contribution in [0.5, 0.6) is 0 Å². The largest absolute Gasteiger partial charge is 0.456 e. The lowest BCUT2D eigenvalue weighted by molar-refractivity contribution is 0.668. The summed E-state index contributed by atoms with van der Waals surface area (Å²) >= 11 is 0. The highest BCUT2D eigenvalue weighted by molar-refractivity contribution is 6.09. The maximum absolute atomic E-state index is 6.44. The number of hydrogen-bond donors (Lipinski definition) is 0. The van der Waals surface area contributed by atoms with Gasteiger partial charge in [0.05, 0.1) is 5.69 Å². The van der Waals surface area contributed by atoms with E-state index in [1.807, 2.05) is 24.3 Å². The minimum absolute atomic E-state index is 0.852. The molecule has 8 aromatic carbocycles. The molecule has 0 aliphatic rings. The lowest BCUT2D eigenvalue weighted by Crippen LogP contribution is -2.11. The van der Waals surface area contributed by atoms with Crippen molar-refractivity contribution >= 4 is 71.7 Å². The van der Waals surface area contributed by atoms with Gasteiger partial charge < -0.3 is 13.7 Å². The Labute approximate surface area is 282 Å². The number of benzene rings is 8. The molecule has 49 heavy (non-hydrogen) atoms. The maximum Gasteiger partial charge on any atom is 0.137 e. The molecule has 0 aliphatic heterocycles. The first-order valence-electron chi connectivity index (χ1n) is 16.6. The van der Waals surface area contributed by atoms with Gasteiger partial charge in [-0.05, 0) is 76.0 Å². The second-order valence-electron chi connectivity index (χ2n) is 12.5. The van der Waals surface area contributed by atoms with Gasteiger partial charge in [-0.3, -0.25) is 0 Å². The van der Waals surface area contributed by atoms with Crippen LogP contribution in [0.15, 0.2) is 185 Å². The summed E-state index contributed by atoms with van der Waals surface area (Å²) in [6, 6.07) is 62.2. The molecule has 0 bridgehead atoms. The van der Waals surface area contributed by atoms with Crippen LogP contribution in [-0.4, -0.2) is 0 Å². The highest BCUT2D eigenvalue weighted by Gasteiger charge is 2.21. The molecule has 0 saturated carbocycles. The quantitative estimate of drug-likeness (QED) is 0.190. The van der Waals surface area contributed by atoms with Crippen molar-refractivity contribution in [1.82, 2.24) is 0 Å². The normalized spacial score (nSPS) is 11.7. The topological polar surface area (TPSA) is 29.5 Å². The molecule has 3 nitrogen and oxygen atoms in total. The van der Waals surface area contributed by atoms with E-state index in [9.17, 15) is 0 Å². The Morgan fingerprint density at radius 3 is 1.78 bits per heavy atom. The van der Waals surface area contributed by atoms with E-state index in [1.165, 1.54) is 16.3 Å². The zero-order valence-corrected chi connectivity index (χ0v) is 26.5. The van der Waals surface area contributed by atoms with Gasteiger partial charge in [-0.15, -0.1) is 0 Å². The van der Waals surface area contributed by atoms with E-state index in [1.54, 1.807) is 0 Å². The minimum Gasteiger partial charge on any atom is -0.456 e. The molecule has 0 saturated heterocycles. The van der Waals surface area contributed by atoms with E-state index in [4.69, 9.17) is 8.83 Å². The Balaban J connectivity index is 1.27. The van der Waals surface area contributed by atoms with Gasteiger partial charge in [0.2, 0.25) is 0 Å². The lowest BCUT2D eigenvalue weighted by Gasteiger charge is -2.29. The summed E-state index contributed by atoms with van der Waals surface area (Å²) in [5, 5.41) is 6.84. The molecule has 0 aliphatic carbocycles. The van der Waals surface area contributed by atoms with E-state index >= 15 is 0 Å². The van der Waals surface area contributed by atoms with Crippen LogP contribution in [-0.2, 0) is 0 Å². The van der Waals surface area contributed by atoms with Crippen molar-refractivity contribution in [2.45, 2.75) is 0 Å². The summed E-state index contributed by atoms with van der Waals surface area (Å²) in [5.74, 6) is 0. The van der Waals surface area contributed by atoms with Crippen molar-refractivity contribution in [3.8, 4) is 22.3 Å². The van der Waals surface area contributed by atoms with E-state index in [0.717, 1.165) is 77.6 Å². The van der Waals surface area contributed by atoms with E-state index in [-0.39, 0.29) is 0 Å². The lowest BCUT2D eigenvalue weighted by atomic mass is 9.94. The van der Waals surface area contributed by atoms with Gasteiger partial charge in [-0.2, -0.15) is 0 Å². The van der Waals surface area contributed by atoms with Gasteiger partial charge in [0.15, 0.2) is 0 Å². The maximum atomic E-state index is 6.44. The molecule has 2 heterocycles. The number of hydrogen-bond acceptors (Lipinski definition) is 3. The number of furan rings is 2. The molecule has 2 aromatic heterocycles. The molecule has 0 amide bonds. The number of fused-ring (bicyclic) bond motifs is 7. The molecule has 0 spiro atoms. The van der Waals surface area contributed by atoms with Crippen LogP contribution >= 0.6 is 0 Å². The second-order valence-corrected chi connectivity index (χ2v) is 12.5. The van der Waals surface area contributed by atoms with E-state index in [2.05, 4.69) is 157 Å². The first-order chi connectivity index (χ1) is 24.3. The average molecular weight is 628 g/mol. The molecule has 10 aromatic rings. The average Bonchev–Trinajstić information content (AvgIpc) is 3.73. The van der Waals surface area contributed by atoms with Crippen LogP contribution in [0.25, 0.3) is 76.9 Å². The molecule has 0 atom stereocenters. The van der Waals surface area contributed by atoms with E-state index < -0.39 is 0 Å². The van der Waals surface area contributed by atoms with Crippen molar-refractivity contribution in [3.05, 3.63) is 176 Å². The van der Waals surface area contributed by atoms with Gasteiger partial charge in [0.25, 0.3) is 0 Å². The molecular formula is C46H29NO2. The summed E-state index contributed by atoms with van der Waals surface area (Å²) in [4.78, 5) is 2.37. The second kappa shape index (κ2) is 11.0. The predicted molar refractivity (Wildman–Crippen MR) is 204 cm³/mol. The van der Waals surface area contributed by atoms with Crippen molar-refractivity contribution in [2.24, 2.45) is 0 Å². The fraction of sp³-hybridized carbons (Fsp3) is 0. The fourth-order valence-corrected chi connectivity index (χ4v) is 7.36. The van der Waals surface area contributed by atoms with Crippen LogP contribution in [0.1, 0.15) is 0 Å². The number of anilines is 3. The summed E-state index contributed by atoms with van der Waals surface area (Å²) in [5.41, 5.74) is 11.2. The van der Waals surface area contributed by atoms with Gasteiger partial charge >= 0.3 is 0 Å². The van der Waals surface area contributed by atoms with Gasteiger partial charge in [-0.1, -0.05) is 121 Å². The predicted octanol–water partition coefficient (Wildman–Crippen LogP) is 13.4. The Hall–Kier alpha value is -6.58. The summed E-state index contributed by atoms with van der Waals surface area (Å²) in [7, 11) is 0. The molecule has 0 radical (unpaired) electrons. The fourth-order valence-electron chi connectivity index (χ4n) is 7.36. The van der Waals surface area contributed by atoms with Crippen LogP contribution in [0.4, 0.5) is 17.1 Å². The highest BCUT2D eigenvalue weighted by Crippen LogP contribution is 2.46.